The molecule has 0 bridgehead atoms. The highest BCUT2D eigenvalue weighted by Crippen LogP contribution is 2.35. The lowest BCUT2D eigenvalue weighted by molar-refractivity contribution is 0.150. The van der Waals surface area contributed by atoms with E-state index in [1.54, 1.807) is 0 Å². The molecule has 5 heteroatoms. The number of rotatable bonds is 4. The summed E-state index contributed by atoms with van der Waals surface area (Å²) in [5.41, 5.74) is 5.53. The van der Waals surface area contributed by atoms with E-state index in [4.69, 9.17) is 8.85 Å². The number of fused-ring (bicyclic) bond motifs is 2. The van der Waals surface area contributed by atoms with Gasteiger partial charge in [-0.25, -0.2) is 0 Å². The first-order chi connectivity index (χ1) is 12.3. The molecule has 0 aliphatic carbocycles. The maximum Gasteiger partial charge on any atom is 0.555 e. The van der Waals surface area contributed by atoms with Crippen LogP contribution in [0.3, 0.4) is 0 Å². The van der Waals surface area contributed by atoms with Crippen LogP contribution in [0, 0.1) is 0 Å². The fourth-order valence-corrected chi connectivity index (χ4v) is 7.49. The van der Waals surface area contributed by atoms with Gasteiger partial charge in [0.25, 0.3) is 0 Å². The Labute approximate surface area is 151 Å². The van der Waals surface area contributed by atoms with Gasteiger partial charge >= 0.3 is 8.88 Å². The molecular weight excluding hydrogens is 328 g/mol. The van der Waals surface area contributed by atoms with E-state index in [-0.39, 0.29) is 0 Å². The number of nitrogens with zero attached hydrogens (tertiary/aromatic N) is 2. The number of hydrogen-bond acceptors (Lipinski definition) is 4. The molecule has 2 aromatic rings. The van der Waals surface area contributed by atoms with Gasteiger partial charge in [-0.2, -0.15) is 0 Å². The summed E-state index contributed by atoms with van der Waals surface area (Å²) in [6.07, 6.45) is 3.32. The highest BCUT2D eigenvalue weighted by atomic mass is 28.4. The molecule has 4 nitrogen and oxygen atoms in total. The van der Waals surface area contributed by atoms with E-state index < -0.39 is 8.88 Å². The summed E-state index contributed by atoms with van der Waals surface area (Å²) in [6, 6.07) is 17.4. The number of anilines is 1. The van der Waals surface area contributed by atoms with Crippen molar-refractivity contribution in [2.45, 2.75) is 25.8 Å². The molecule has 0 radical (unpaired) electrons. The molecule has 4 rings (SSSR count). The van der Waals surface area contributed by atoms with Gasteiger partial charge < -0.3 is 13.4 Å². The zero-order valence-corrected chi connectivity index (χ0v) is 16.1. The Kier molecular flexibility index (Phi) is 4.65. The zero-order chi connectivity index (χ0) is 17.3. The number of para-hydroxylation sites is 1. The van der Waals surface area contributed by atoms with Crippen LogP contribution in [-0.4, -0.2) is 40.8 Å². The van der Waals surface area contributed by atoms with Crippen molar-refractivity contribution in [3.63, 3.8) is 0 Å². The van der Waals surface area contributed by atoms with Crippen molar-refractivity contribution in [3.8, 4) is 0 Å². The summed E-state index contributed by atoms with van der Waals surface area (Å²) in [4.78, 5) is 0. The van der Waals surface area contributed by atoms with Crippen LogP contribution in [0.5, 0.6) is 0 Å². The molecule has 0 amide bonds. The van der Waals surface area contributed by atoms with Crippen LogP contribution in [0.4, 0.5) is 5.69 Å². The molecular formula is C20H26N2O2Si. The van der Waals surface area contributed by atoms with Crippen LogP contribution in [0.2, 0.25) is 0 Å². The lowest BCUT2D eigenvalue weighted by Crippen LogP contribution is -2.70. The van der Waals surface area contributed by atoms with Crippen molar-refractivity contribution in [1.82, 2.24) is 4.57 Å². The lowest BCUT2D eigenvalue weighted by Gasteiger charge is -2.48. The molecule has 0 atom stereocenters. The minimum Gasteiger partial charge on any atom is -0.369 e. The van der Waals surface area contributed by atoms with E-state index in [0.717, 1.165) is 38.9 Å². The summed E-state index contributed by atoms with van der Waals surface area (Å²) in [7, 11) is 0.931. The third kappa shape index (κ3) is 2.81. The average Bonchev–Trinajstić information content (AvgIpc) is 2.69. The lowest BCUT2D eigenvalue weighted by atomic mass is 10.0. The van der Waals surface area contributed by atoms with Gasteiger partial charge in [-0.15, -0.1) is 0 Å². The van der Waals surface area contributed by atoms with Gasteiger partial charge in [0.05, 0.1) is 0 Å². The van der Waals surface area contributed by atoms with Gasteiger partial charge in [-0.3, -0.25) is 4.57 Å². The molecule has 0 aromatic heterocycles. The van der Waals surface area contributed by atoms with Gasteiger partial charge in [0, 0.05) is 39.5 Å². The third-order valence-corrected chi connectivity index (χ3v) is 8.90. The molecule has 2 aliphatic rings. The maximum atomic E-state index is 6.21. The van der Waals surface area contributed by atoms with Crippen LogP contribution >= 0.6 is 0 Å². The van der Waals surface area contributed by atoms with E-state index in [9.17, 15) is 0 Å². The minimum atomic E-state index is -2.69. The summed E-state index contributed by atoms with van der Waals surface area (Å²) in [5, 5.41) is 0. The van der Waals surface area contributed by atoms with Gasteiger partial charge in [0.15, 0.2) is 0 Å². The first kappa shape index (κ1) is 16.8. The number of benzene rings is 2. The summed E-state index contributed by atoms with van der Waals surface area (Å²) in [5.74, 6) is 0. The second-order valence-corrected chi connectivity index (χ2v) is 9.87. The molecule has 132 valence electrons. The molecule has 0 spiro atoms. The van der Waals surface area contributed by atoms with Crippen LogP contribution in [0.1, 0.15) is 23.1 Å². The molecule has 2 heterocycles. The molecule has 0 fully saturated rings. The van der Waals surface area contributed by atoms with Crippen molar-refractivity contribution >= 4 is 14.6 Å². The topological polar surface area (TPSA) is 24.9 Å². The fraction of sp³-hybridized carbons (Fsp3) is 0.400. The molecule has 25 heavy (non-hydrogen) atoms. The van der Waals surface area contributed by atoms with Crippen molar-refractivity contribution in [2.75, 3.05) is 31.9 Å². The van der Waals surface area contributed by atoms with E-state index >= 15 is 0 Å². The van der Waals surface area contributed by atoms with Crippen molar-refractivity contribution in [3.05, 3.63) is 65.2 Å². The summed E-state index contributed by atoms with van der Waals surface area (Å²) >= 11 is 0. The Hall–Kier alpha value is -1.66. The van der Waals surface area contributed by atoms with Crippen LogP contribution in [0.25, 0.3) is 0 Å². The Morgan fingerprint density at radius 2 is 1.48 bits per heavy atom. The standard InChI is InChI=1S/C20H26N2O2Si/c1-23-25(24-2,21-15-13-17-8-3-4-10-19(17)16-21)22-14-7-11-18-9-5-6-12-20(18)22/h3-6,8-10,12H,7,11,13-16H2,1-2H3. The minimum absolute atomic E-state index is 0.892. The first-order valence-electron chi connectivity index (χ1n) is 9.06. The molecule has 0 saturated carbocycles. The predicted molar refractivity (Wildman–Crippen MR) is 102 cm³/mol. The summed E-state index contributed by atoms with van der Waals surface area (Å²) in [6.45, 7) is 2.86. The maximum absolute atomic E-state index is 6.21. The van der Waals surface area contributed by atoms with Crippen molar-refractivity contribution < 1.29 is 8.85 Å². The first-order valence-corrected chi connectivity index (χ1v) is 10.8. The van der Waals surface area contributed by atoms with Crippen LogP contribution < -0.4 is 4.57 Å². The normalized spacial score (nSPS) is 17.9. The SMILES string of the molecule is CO[Si](OC)(N1CCc2ccccc2C1)N1CCCc2ccccc21. The molecule has 0 saturated heterocycles. The van der Waals surface area contributed by atoms with E-state index in [1.807, 2.05) is 14.2 Å². The van der Waals surface area contributed by atoms with Crippen molar-refractivity contribution in [1.29, 1.82) is 0 Å². The average molecular weight is 355 g/mol. The van der Waals surface area contributed by atoms with E-state index in [2.05, 4.69) is 57.7 Å². The van der Waals surface area contributed by atoms with Crippen LogP contribution in [0.15, 0.2) is 48.5 Å². The van der Waals surface area contributed by atoms with Gasteiger partial charge in [0.1, 0.15) is 0 Å². The van der Waals surface area contributed by atoms with Crippen molar-refractivity contribution in [2.24, 2.45) is 0 Å². The highest BCUT2D eigenvalue weighted by Gasteiger charge is 2.52. The van der Waals surface area contributed by atoms with Crippen LogP contribution in [-0.2, 0) is 28.2 Å². The Morgan fingerprint density at radius 3 is 2.24 bits per heavy atom. The fourth-order valence-electron chi connectivity index (χ4n) is 4.30. The van der Waals surface area contributed by atoms with Gasteiger partial charge in [-0.1, -0.05) is 42.5 Å². The zero-order valence-electron chi connectivity index (χ0n) is 15.1. The van der Waals surface area contributed by atoms with Gasteiger partial charge in [0.2, 0.25) is 0 Å². The van der Waals surface area contributed by atoms with E-state index in [1.165, 1.54) is 22.4 Å². The molecule has 0 N–H and O–H groups in total. The Bertz CT molecular complexity index is 748. The number of aryl methyl sites for hydroxylation is 1. The highest BCUT2D eigenvalue weighted by molar-refractivity contribution is 6.68. The molecule has 2 aliphatic heterocycles. The summed E-state index contributed by atoms with van der Waals surface area (Å²) < 4.78 is 17.3. The largest absolute Gasteiger partial charge is 0.555 e. The quantitative estimate of drug-likeness (QED) is 0.787. The second kappa shape index (κ2) is 6.92. The molecule has 0 unspecified atom stereocenters. The Balaban J connectivity index is 1.72. The monoisotopic (exact) mass is 354 g/mol. The predicted octanol–water partition coefficient (Wildman–Crippen LogP) is 3.23. The smallest absolute Gasteiger partial charge is 0.369 e. The number of hydrogen-bond donors (Lipinski definition) is 0. The Morgan fingerprint density at radius 1 is 0.800 bits per heavy atom. The second-order valence-electron chi connectivity index (χ2n) is 6.78. The van der Waals surface area contributed by atoms with Gasteiger partial charge in [-0.05, 0) is 42.0 Å². The molecule has 2 aromatic carbocycles. The third-order valence-electron chi connectivity index (χ3n) is 5.51. The van der Waals surface area contributed by atoms with E-state index in [0.29, 0.717) is 0 Å².